The van der Waals surface area contributed by atoms with Gasteiger partial charge in [-0.25, -0.2) is 5.32 Å². The monoisotopic (exact) mass is 374 g/mol. The van der Waals surface area contributed by atoms with Gasteiger partial charge in [0, 0.05) is 28.2 Å². The molecule has 0 spiro atoms. The van der Waals surface area contributed by atoms with Gasteiger partial charge in [0.2, 0.25) is 0 Å². The SMILES string of the molecule is NC(F)(F)C1CCC(SCNC(F)(F)C2CCC(S)CC2)CC1. The Morgan fingerprint density at radius 2 is 1.43 bits per heavy atom. The molecule has 3 N–H and O–H groups in total. The van der Waals surface area contributed by atoms with Crippen LogP contribution in [0.3, 0.4) is 0 Å². The second kappa shape index (κ2) is 8.15. The first-order valence-electron chi connectivity index (χ1n) is 8.27. The van der Waals surface area contributed by atoms with Crippen molar-refractivity contribution >= 4 is 24.4 Å². The molecule has 2 aliphatic carbocycles. The average Bonchev–Trinajstić information content (AvgIpc) is 2.47. The first kappa shape index (κ1) is 19.7. The fourth-order valence-corrected chi connectivity index (χ4v) is 4.87. The van der Waals surface area contributed by atoms with Crippen LogP contribution in [-0.2, 0) is 0 Å². The van der Waals surface area contributed by atoms with E-state index in [1.165, 1.54) is 11.8 Å². The van der Waals surface area contributed by atoms with E-state index in [2.05, 4.69) is 17.9 Å². The molecule has 8 heteroatoms. The number of thioether (sulfide) groups is 1. The fourth-order valence-electron chi connectivity index (χ4n) is 3.45. The molecule has 0 radical (unpaired) electrons. The topological polar surface area (TPSA) is 38.0 Å². The Kier molecular flexibility index (Phi) is 6.96. The van der Waals surface area contributed by atoms with Gasteiger partial charge in [0.1, 0.15) is 0 Å². The van der Waals surface area contributed by atoms with Gasteiger partial charge >= 0.3 is 12.1 Å². The van der Waals surface area contributed by atoms with Gasteiger partial charge in [0.15, 0.2) is 0 Å². The second-order valence-corrected chi connectivity index (χ2v) is 8.78. The molecule has 136 valence electrons. The number of rotatable bonds is 6. The lowest BCUT2D eigenvalue weighted by atomic mass is 9.87. The third kappa shape index (κ3) is 5.97. The summed E-state index contributed by atoms with van der Waals surface area (Å²) < 4.78 is 54.3. The zero-order valence-corrected chi connectivity index (χ0v) is 14.8. The van der Waals surface area contributed by atoms with Crippen LogP contribution in [0.1, 0.15) is 51.4 Å². The molecule has 2 saturated carbocycles. The zero-order chi connectivity index (χ0) is 17.1. The van der Waals surface area contributed by atoms with Gasteiger partial charge in [-0.05, 0) is 51.4 Å². The highest BCUT2D eigenvalue weighted by molar-refractivity contribution is 7.99. The maximum atomic E-state index is 14.1. The number of thiol groups is 1. The molecule has 0 amide bonds. The lowest BCUT2D eigenvalue weighted by Crippen LogP contribution is -2.45. The van der Waals surface area contributed by atoms with Crippen LogP contribution in [0, 0.1) is 11.8 Å². The molecule has 2 fully saturated rings. The van der Waals surface area contributed by atoms with Crippen molar-refractivity contribution in [2.45, 2.75) is 74.0 Å². The van der Waals surface area contributed by atoms with Crippen molar-refractivity contribution < 1.29 is 17.6 Å². The van der Waals surface area contributed by atoms with Crippen molar-refractivity contribution in [3.63, 3.8) is 0 Å². The van der Waals surface area contributed by atoms with Gasteiger partial charge in [-0.2, -0.15) is 30.2 Å². The van der Waals surface area contributed by atoms with Gasteiger partial charge in [-0.15, -0.1) is 11.8 Å². The quantitative estimate of drug-likeness (QED) is 0.278. The first-order chi connectivity index (χ1) is 10.7. The summed E-state index contributed by atoms with van der Waals surface area (Å²) in [6.07, 6.45) is 4.41. The third-order valence-electron chi connectivity index (χ3n) is 5.05. The van der Waals surface area contributed by atoms with Crippen molar-refractivity contribution in [1.82, 2.24) is 5.32 Å². The van der Waals surface area contributed by atoms with Gasteiger partial charge in [-0.3, -0.25) is 5.73 Å². The first-order valence-corrected chi connectivity index (χ1v) is 9.84. The Balaban J connectivity index is 1.67. The molecule has 2 rings (SSSR count). The van der Waals surface area contributed by atoms with Gasteiger partial charge < -0.3 is 0 Å². The summed E-state index contributed by atoms with van der Waals surface area (Å²) in [7, 11) is 0. The minimum Gasteiger partial charge on any atom is -0.272 e. The highest BCUT2D eigenvalue weighted by Gasteiger charge is 2.41. The highest BCUT2D eigenvalue weighted by Crippen LogP contribution is 2.39. The molecule has 0 bridgehead atoms. The van der Waals surface area contributed by atoms with E-state index in [0.29, 0.717) is 38.5 Å². The molecule has 0 aliphatic heterocycles. The number of hydrogen-bond acceptors (Lipinski definition) is 4. The molecule has 0 aromatic rings. The Hall–Kier alpha value is 0.340. The van der Waals surface area contributed by atoms with E-state index in [-0.39, 0.29) is 16.4 Å². The van der Waals surface area contributed by atoms with Crippen LogP contribution in [0.4, 0.5) is 17.6 Å². The molecule has 0 aromatic carbocycles. The second-order valence-electron chi connectivity index (χ2n) is 6.76. The van der Waals surface area contributed by atoms with E-state index in [9.17, 15) is 17.6 Å². The van der Waals surface area contributed by atoms with Crippen LogP contribution in [0.5, 0.6) is 0 Å². The highest BCUT2D eigenvalue weighted by atomic mass is 32.2. The molecule has 2 aliphatic rings. The summed E-state index contributed by atoms with van der Waals surface area (Å²) in [5, 5.41) is 2.76. The van der Waals surface area contributed by atoms with E-state index >= 15 is 0 Å². The van der Waals surface area contributed by atoms with Crippen LogP contribution in [0.2, 0.25) is 0 Å². The Morgan fingerprint density at radius 1 is 0.913 bits per heavy atom. The van der Waals surface area contributed by atoms with E-state index in [1.807, 2.05) is 0 Å². The van der Waals surface area contributed by atoms with Crippen molar-refractivity contribution in [3.8, 4) is 0 Å². The minimum atomic E-state index is -3.12. The summed E-state index contributed by atoms with van der Waals surface area (Å²) in [4.78, 5) is 0. The minimum absolute atomic E-state index is 0.155. The molecule has 0 aromatic heterocycles. The van der Waals surface area contributed by atoms with Crippen molar-refractivity contribution in [2.75, 3.05) is 5.88 Å². The standard InChI is InChI=1S/C15H26F4N2S2/c16-14(17,20)10-3-7-13(8-4-10)23-9-21-15(18,19)11-1-5-12(22)6-2-11/h10-13,21-22H,1-9,20H2. The average molecular weight is 375 g/mol. The van der Waals surface area contributed by atoms with Crippen LogP contribution in [0.25, 0.3) is 0 Å². The summed E-state index contributed by atoms with van der Waals surface area (Å²) in [6, 6.07) is -5.98. The smallest absolute Gasteiger partial charge is 0.272 e. The van der Waals surface area contributed by atoms with Crippen LogP contribution < -0.4 is 11.1 Å². The summed E-state index contributed by atoms with van der Waals surface area (Å²) in [6.45, 7) is 0. The lowest BCUT2D eigenvalue weighted by molar-refractivity contribution is -0.0951. The van der Waals surface area contributed by atoms with E-state index in [4.69, 9.17) is 5.73 Å². The normalized spacial score (nSPS) is 33.7. The molecule has 0 heterocycles. The molecule has 0 atom stereocenters. The number of halogens is 4. The molecule has 0 unspecified atom stereocenters. The zero-order valence-electron chi connectivity index (χ0n) is 13.1. The van der Waals surface area contributed by atoms with E-state index in [0.717, 1.165) is 12.8 Å². The predicted octanol–water partition coefficient (Wildman–Crippen LogP) is 4.46. The molecular formula is C15H26F4N2S2. The van der Waals surface area contributed by atoms with Crippen LogP contribution in [0.15, 0.2) is 0 Å². The van der Waals surface area contributed by atoms with Crippen LogP contribution >= 0.6 is 24.4 Å². The fraction of sp³-hybridized carbons (Fsp3) is 1.00. The number of alkyl halides is 4. The summed E-state index contributed by atoms with van der Waals surface area (Å²) in [5.41, 5.74) is 4.85. The number of hydrogen-bond donors (Lipinski definition) is 3. The lowest BCUT2D eigenvalue weighted by Gasteiger charge is -2.34. The van der Waals surface area contributed by atoms with E-state index < -0.39 is 23.9 Å². The van der Waals surface area contributed by atoms with E-state index in [1.54, 1.807) is 0 Å². The Labute approximate surface area is 145 Å². The molecule has 0 saturated heterocycles. The van der Waals surface area contributed by atoms with Gasteiger partial charge in [-0.1, -0.05) is 0 Å². The largest absolute Gasteiger partial charge is 0.305 e. The molecule has 23 heavy (non-hydrogen) atoms. The summed E-state index contributed by atoms with van der Waals surface area (Å²) >= 11 is 5.74. The Bertz CT molecular complexity index is 363. The van der Waals surface area contributed by atoms with Crippen molar-refractivity contribution in [1.29, 1.82) is 0 Å². The maximum absolute atomic E-state index is 14.1. The van der Waals surface area contributed by atoms with Crippen LogP contribution in [-0.4, -0.2) is 28.5 Å². The Morgan fingerprint density at radius 3 is 1.96 bits per heavy atom. The number of nitrogens with two attached hydrogens (primary N) is 1. The van der Waals surface area contributed by atoms with Crippen molar-refractivity contribution in [2.24, 2.45) is 17.6 Å². The van der Waals surface area contributed by atoms with Crippen molar-refractivity contribution in [3.05, 3.63) is 0 Å². The maximum Gasteiger partial charge on any atom is 0.305 e. The third-order valence-corrected chi connectivity index (χ3v) is 6.83. The predicted molar refractivity (Wildman–Crippen MR) is 90.2 cm³/mol. The van der Waals surface area contributed by atoms with Gasteiger partial charge in [0.05, 0.1) is 0 Å². The number of nitrogens with one attached hydrogen (secondary N) is 1. The summed E-state index contributed by atoms with van der Waals surface area (Å²) in [5.74, 6) is -1.24. The molecule has 2 nitrogen and oxygen atoms in total. The molecular weight excluding hydrogens is 348 g/mol. The van der Waals surface area contributed by atoms with Gasteiger partial charge in [0.25, 0.3) is 0 Å².